The van der Waals surface area contributed by atoms with E-state index in [1.807, 2.05) is 18.2 Å². The lowest BCUT2D eigenvalue weighted by atomic mass is 9.69. The standard InChI is InChI=1S/C24H27N3O2/c1-18-8-7-9-19(14-18)24(12-5-2-6-13-24)17-25-23(29)16-27-21-11-4-3-10-20(21)22(28)15-26-27/h3-4,7-11,14-15H,2,5-6,12-13,16-17H2,1H3,(H,25,29). The van der Waals surface area contributed by atoms with E-state index in [0.29, 0.717) is 17.4 Å². The van der Waals surface area contributed by atoms with Gasteiger partial charge in [-0.1, -0.05) is 61.2 Å². The highest BCUT2D eigenvalue weighted by Gasteiger charge is 2.34. The van der Waals surface area contributed by atoms with E-state index in [9.17, 15) is 9.59 Å². The van der Waals surface area contributed by atoms with E-state index < -0.39 is 0 Å². The molecular weight excluding hydrogens is 362 g/mol. The van der Waals surface area contributed by atoms with Crippen LogP contribution in [0.1, 0.15) is 43.2 Å². The molecule has 29 heavy (non-hydrogen) atoms. The Hall–Kier alpha value is -2.95. The zero-order valence-electron chi connectivity index (χ0n) is 16.9. The van der Waals surface area contributed by atoms with Crippen LogP contribution in [0.2, 0.25) is 0 Å². The maximum Gasteiger partial charge on any atom is 0.241 e. The zero-order valence-corrected chi connectivity index (χ0v) is 16.9. The summed E-state index contributed by atoms with van der Waals surface area (Å²) in [6.45, 7) is 2.85. The Morgan fingerprint density at radius 3 is 2.69 bits per heavy atom. The van der Waals surface area contributed by atoms with Gasteiger partial charge in [0.25, 0.3) is 0 Å². The van der Waals surface area contributed by atoms with Crippen molar-refractivity contribution in [3.05, 3.63) is 76.1 Å². The second kappa shape index (κ2) is 8.19. The SMILES string of the molecule is Cc1cccc(C2(CNC(=O)Cn3ncc(=O)c4ccccc43)CCCCC2)c1. The molecule has 0 unspecified atom stereocenters. The van der Waals surface area contributed by atoms with Crippen molar-refractivity contribution in [1.82, 2.24) is 15.1 Å². The normalized spacial score (nSPS) is 15.9. The Labute approximate surface area is 170 Å². The van der Waals surface area contributed by atoms with Crippen molar-refractivity contribution in [3.63, 3.8) is 0 Å². The average Bonchev–Trinajstić information content (AvgIpc) is 2.75. The van der Waals surface area contributed by atoms with Crippen molar-refractivity contribution in [2.75, 3.05) is 6.54 Å². The Morgan fingerprint density at radius 1 is 1.10 bits per heavy atom. The average molecular weight is 389 g/mol. The number of benzene rings is 2. The van der Waals surface area contributed by atoms with Crippen molar-refractivity contribution in [1.29, 1.82) is 0 Å². The smallest absolute Gasteiger partial charge is 0.241 e. The first-order valence-corrected chi connectivity index (χ1v) is 10.4. The van der Waals surface area contributed by atoms with Crippen molar-refractivity contribution in [2.45, 2.75) is 51.0 Å². The van der Waals surface area contributed by atoms with Gasteiger partial charge in [0.05, 0.1) is 11.7 Å². The number of aryl methyl sites for hydroxylation is 1. The summed E-state index contributed by atoms with van der Waals surface area (Å²) >= 11 is 0. The van der Waals surface area contributed by atoms with E-state index in [1.54, 1.807) is 10.7 Å². The lowest BCUT2D eigenvalue weighted by Crippen LogP contribution is -2.43. The highest BCUT2D eigenvalue weighted by molar-refractivity contribution is 5.81. The van der Waals surface area contributed by atoms with Crippen molar-refractivity contribution >= 4 is 16.8 Å². The van der Waals surface area contributed by atoms with Crippen LogP contribution in [0.25, 0.3) is 10.9 Å². The monoisotopic (exact) mass is 389 g/mol. The molecule has 0 atom stereocenters. The quantitative estimate of drug-likeness (QED) is 0.723. The third kappa shape index (κ3) is 4.09. The largest absolute Gasteiger partial charge is 0.354 e. The number of para-hydroxylation sites is 1. The fourth-order valence-electron chi connectivity index (χ4n) is 4.52. The van der Waals surface area contributed by atoms with Gasteiger partial charge < -0.3 is 5.32 Å². The number of carbonyl (C=O) groups excluding carboxylic acids is 1. The molecule has 5 heteroatoms. The number of carbonyl (C=O) groups is 1. The highest BCUT2D eigenvalue weighted by Crippen LogP contribution is 2.39. The van der Waals surface area contributed by atoms with Gasteiger partial charge in [-0.3, -0.25) is 14.3 Å². The van der Waals surface area contributed by atoms with Gasteiger partial charge in [0.15, 0.2) is 0 Å². The van der Waals surface area contributed by atoms with E-state index in [0.717, 1.165) is 12.8 Å². The van der Waals surface area contributed by atoms with Gasteiger partial charge in [-0.05, 0) is 37.5 Å². The number of aromatic nitrogens is 2. The third-order valence-corrected chi connectivity index (χ3v) is 6.12. The van der Waals surface area contributed by atoms with Gasteiger partial charge in [-0.25, -0.2) is 0 Å². The van der Waals surface area contributed by atoms with E-state index in [1.165, 1.54) is 36.6 Å². The Morgan fingerprint density at radius 2 is 1.90 bits per heavy atom. The van der Waals surface area contributed by atoms with Crippen molar-refractivity contribution in [3.8, 4) is 0 Å². The lowest BCUT2D eigenvalue weighted by molar-refractivity contribution is -0.122. The van der Waals surface area contributed by atoms with Gasteiger partial charge in [-0.2, -0.15) is 5.10 Å². The topological polar surface area (TPSA) is 64.0 Å². The van der Waals surface area contributed by atoms with Crippen molar-refractivity contribution < 1.29 is 4.79 Å². The summed E-state index contributed by atoms with van der Waals surface area (Å²) < 4.78 is 1.60. The molecule has 1 heterocycles. The number of rotatable bonds is 5. The van der Waals surface area contributed by atoms with Crippen LogP contribution in [0.4, 0.5) is 0 Å². The molecule has 1 aliphatic rings. The first kappa shape index (κ1) is 19.4. The van der Waals surface area contributed by atoms with E-state index in [-0.39, 0.29) is 23.3 Å². The van der Waals surface area contributed by atoms with Crippen LogP contribution in [0.5, 0.6) is 0 Å². The number of nitrogens with one attached hydrogen (secondary N) is 1. The number of hydrogen-bond acceptors (Lipinski definition) is 3. The summed E-state index contributed by atoms with van der Waals surface area (Å²) in [4.78, 5) is 24.8. The summed E-state index contributed by atoms with van der Waals surface area (Å²) in [6.07, 6.45) is 7.11. The summed E-state index contributed by atoms with van der Waals surface area (Å²) in [6, 6.07) is 15.9. The van der Waals surface area contributed by atoms with Crippen LogP contribution < -0.4 is 10.7 Å². The summed E-state index contributed by atoms with van der Waals surface area (Å²) in [5, 5.41) is 7.91. The molecule has 1 N–H and O–H groups in total. The van der Waals surface area contributed by atoms with Gasteiger partial charge in [0.1, 0.15) is 6.54 Å². The predicted octanol–water partition coefficient (Wildman–Crippen LogP) is 3.72. The van der Waals surface area contributed by atoms with Gasteiger partial charge in [0, 0.05) is 17.3 Å². The number of fused-ring (bicyclic) bond motifs is 1. The molecule has 150 valence electrons. The molecule has 1 aliphatic carbocycles. The van der Waals surface area contributed by atoms with Crippen LogP contribution >= 0.6 is 0 Å². The fourth-order valence-corrected chi connectivity index (χ4v) is 4.52. The molecule has 1 aromatic heterocycles. The molecule has 4 rings (SSSR count). The molecule has 0 spiro atoms. The number of amides is 1. The van der Waals surface area contributed by atoms with Crippen LogP contribution in [0, 0.1) is 6.92 Å². The van der Waals surface area contributed by atoms with Crippen LogP contribution in [0.3, 0.4) is 0 Å². The van der Waals surface area contributed by atoms with E-state index >= 15 is 0 Å². The molecule has 1 saturated carbocycles. The lowest BCUT2D eigenvalue weighted by Gasteiger charge is -2.38. The Balaban J connectivity index is 1.52. The molecule has 3 aromatic rings. The Kier molecular flexibility index (Phi) is 5.47. The summed E-state index contributed by atoms with van der Waals surface area (Å²) in [7, 11) is 0. The second-order valence-electron chi connectivity index (χ2n) is 8.17. The van der Waals surface area contributed by atoms with Crippen LogP contribution in [0.15, 0.2) is 59.5 Å². The van der Waals surface area contributed by atoms with E-state index in [2.05, 4.69) is 41.6 Å². The second-order valence-corrected chi connectivity index (χ2v) is 8.17. The third-order valence-electron chi connectivity index (χ3n) is 6.12. The molecular formula is C24H27N3O2. The molecule has 1 fully saturated rings. The maximum atomic E-state index is 12.8. The molecule has 1 amide bonds. The van der Waals surface area contributed by atoms with Gasteiger partial charge >= 0.3 is 0 Å². The predicted molar refractivity (Wildman–Crippen MR) is 115 cm³/mol. The van der Waals surface area contributed by atoms with Crippen LogP contribution in [-0.4, -0.2) is 22.2 Å². The molecule has 0 saturated heterocycles. The summed E-state index contributed by atoms with van der Waals surface area (Å²) in [5.41, 5.74) is 3.13. The Bertz CT molecular complexity index is 1080. The zero-order chi connectivity index (χ0) is 20.3. The minimum absolute atomic E-state index is 0.00102. The van der Waals surface area contributed by atoms with Crippen molar-refractivity contribution in [2.24, 2.45) is 0 Å². The highest BCUT2D eigenvalue weighted by atomic mass is 16.2. The fraction of sp³-hybridized carbons (Fsp3) is 0.375. The molecule has 5 nitrogen and oxygen atoms in total. The first-order chi connectivity index (χ1) is 14.1. The number of nitrogens with zero attached hydrogens (tertiary/aromatic N) is 2. The minimum atomic E-state index is -0.127. The van der Waals surface area contributed by atoms with Gasteiger partial charge in [0.2, 0.25) is 11.3 Å². The molecule has 2 aromatic carbocycles. The van der Waals surface area contributed by atoms with E-state index in [4.69, 9.17) is 0 Å². The summed E-state index contributed by atoms with van der Waals surface area (Å²) in [5.74, 6) is -0.0797. The molecule has 0 aliphatic heterocycles. The molecule has 0 radical (unpaired) electrons. The van der Waals surface area contributed by atoms with Gasteiger partial charge in [-0.15, -0.1) is 0 Å². The maximum absolute atomic E-state index is 12.8. The molecule has 0 bridgehead atoms. The number of hydrogen-bond donors (Lipinski definition) is 1. The minimum Gasteiger partial charge on any atom is -0.354 e. The first-order valence-electron chi connectivity index (χ1n) is 10.4. The van der Waals surface area contributed by atoms with Crippen LogP contribution in [-0.2, 0) is 16.8 Å².